The van der Waals surface area contributed by atoms with Crippen LogP contribution in [0.3, 0.4) is 0 Å². The lowest BCUT2D eigenvalue weighted by Gasteiger charge is -2.19. The molecule has 7 nitrogen and oxygen atoms in total. The number of amides is 1. The number of carbonyl (C=O) groups excluding carboxylic acids is 2. The molecule has 1 aromatic carbocycles. The molecule has 7 heteroatoms. The van der Waals surface area contributed by atoms with Gasteiger partial charge in [-0.15, -0.1) is 0 Å². The molecule has 0 fully saturated rings. The van der Waals surface area contributed by atoms with Gasteiger partial charge in [0.15, 0.2) is 0 Å². The largest absolute Gasteiger partial charge is 0.465 e. The number of hydrogen-bond acceptors (Lipinski definition) is 6. The Hall–Kier alpha value is -3.74. The predicted octanol–water partition coefficient (Wildman–Crippen LogP) is 3.19. The first kappa shape index (κ1) is 20.0. The molecule has 1 N–H and O–H groups in total. The van der Waals surface area contributed by atoms with E-state index in [-0.39, 0.29) is 5.91 Å². The molecule has 0 aliphatic rings. The van der Waals surface area contributed by atoms with Gasteiger partial charge < -0.3 is 15.0 Å². The van der Waals surface area contributed by atoms with Crippen molar-refractivity contribution in [3.63, 3.8) is 0 Å². The molecule has 0 unspecified atom stereocenters. The van der Waals surface area contributed by atoms with Crippen molar-refractivity contribution in [2.24, 2.45) is 0 Å². The third-order valence-corrected chi connectivity index (χ3v) is 4.49. The van der Waals surface area contributed by atoms with E-state index in [0.29, 0.717) is 16.8 Å². The standard InChI is InChI=1S/C22H22N4O3/c1-26(12-9-16-7-10-23-11-8-16)18-13-17(14-24-15-18)21(27)25-20-6-4-3-5-19(20)22(28)29-2/h3-8,10-11,13-15H,9,12H2,1-2H3,(H,25,27). The zero-order valence-electron chi connectivity index (χ0n) is 16.3. The minimum absolute atomic E-state index is 0.293. The lowest BCUT2D eigenvalue weighted by molar-refractivity contribution is 0.0602. The number of aromatic nitrogens is 2. The summed E-state index contributed by atoms with van der Waals surface area (Å²) in [6.45, 7) is 0.766. The summed E-state index contributed by atoms with van der Waals surface area (Å²) in [5.74, 6) is -0.859. The van der Waals surface area contributed by atoms with Crippen molar-refractivity contribution in [3.8, 4) is 0 Å². The van der Waals surface area contributed by atoms with E-state index in [1.165, 1.54) is 18.9 Å². The summed E-state index contributed by atoms with van der Waals surface area (Å²) in [4.78, 5) is 34.8. The van der Waals surface area contributed by atoms with E-state index < -0.39 is 5.97 Å². The highest BCUT2D eigenvalue weighted by Gasteiger charge is 2.15. The van der Waals surface area contributed by atoms with Crippen LogP contribution in [0.5, 0.6) is 0 Å². The van der Waals surface area contributed by atoms with Crippen LogP contribution in [0.25, 0.3) is 0 Å². The van der Waals surface area contributed by atoms with E-state index in [0.717, 1.165) is 18.7 Å². The molecule has 29 heavy (non-hydrogen) atoms. The van der Waals surface area contributed by atoms with Gasteiger partial charge in [0.05, 0.1) is 35.8 Å². The Bertz CT molecular complexity index is 992. The van der Waals surface area contributed by atoms with E-state index in [1.54, 1.807) is 48.9 Å². The molecule has 0 bridgehead atoms. The zero-order chi connectivity index (χ0) is 20.6. The Kier molecular flexibility index (Phi) is 6.52. The number of nitrogens with zero attached hydrogens (tertiary/aromatic N) is 3. The second kappa shape index (κ2) is 9.45. The van der Waals surface area contributed by atoms with Crippen molar-refractivity contribution in [2.75, 3.05) is 30.9 Å². The minimum Gasteiger partial charge on any atom is -0.465 e. The Labute approximate surface area is 169 Å². The molecule has 2 aromatic heterocycles. The average molecular weight is 390 g/mol. The lowest BCUT2D eigenvalue weighted by Crippen LogP contribution is -2.21. The Morgan fingerprint density at radius 1 is 1.07 bits per heavy atom. The van der Waals surface area contributed by atoms with Crippen LogP contribution in [0.2, 0.25) is 0 Å². The number of benzene rings is 1. The van der Waals surface area contributed by atoms with Crippen molar-refractivity contribution >= 4 is 23.3 Å². The number of rotatable bonds is 7. The molecule has 0 saturated carbocycles. The molecule has 148 valence electrons. The van der Waals surface area contributed by atoms with Crippen LogP contribution in [0.4, 0.5) is 11.4 Å². The molecular weight excluding hydrogens is 368 g/mol. The van der Waals surface area contributed by atoms with E-state index in [4.69, 9.17) is 4.74 Å². The average Bonchev–Trinajstić information content (AvgIpc) is 2.78. The normalized spacial score (nSPS) is 10.3. The van der Waals surface area contributed by atoms with Crippen molar-refractivity contribution in [2.45, 2.75) is 6.42 Å². The maximum absolute atomic E-state index is 12.7. The van der Waals surface area contributed by atoms with Crippen molar-refractivity contribution in [1.82, 2.24) is 9.97 Å². The second-order valence-electron chi connectivity index (χ2n) is 6.45. The first-order valence-corrected chi connectivity index (χ1v) is 9.12. The SMILES string of the molecule is COC(=O)c1ccccc1NC(=O)c1cncc(N(C)CCc2ccncc2)c1. The topological polar surface area (TPSA) is 84.4 Å². The van der Waals surface area contributed by atoms with Crippen LogP contribution in [0.15, 0.2) is 67.3 Å². The summed E-state index contributed by atoms with van der Waals surface area (Å²) in [6, 6.07) is 12.4. The number of anilines is 2. The minimum atomic E-state index is -0.511. The summed E-state index contributed by atoms with van der Waals surface area (Å²) in [7, 11) is 3.25. The summed E-state index contributed by atoms with van der Waals surface area (Å²) >= 11 is 0. The van der Waals surface area contributed by atoms with Crippen molar-refractivity contribution < 1.29 is 14.3 Å². The fourth-order valence-electron chi connectivity index (χ4n) is 2.81. The molecular formula is C22H22N4O3. The molecule has 2 heterocycles. The van der Waals surface area contributed by atoms with Crippen molar-refractivity contribution in [1.29, 1.82) is 0 Å². The molecule has 0 aliphatic heterocycles. The summed E-state index contributed by atoms with van der Waals surface area (Å²) in [5, 5.41) is 2.76. The fourth-order valence-corrected chi connectivity index (χ4v) is 2.81. The number of likely N-dealkylation sites (N-methyl/N-ethyl adjacent to an activating group) is 1. The quantitative estimate of drug-likeness (QED) is 0.624. The number of para-hydroxylation sites is 1. The number of ether oxygens (including phenoxy) is 1. The summed E-state index contributed by atoms with van der Waals surface area (Å²) in [5.41, 5.74) is 3.10. The van der Waals surface area contributed by atoms with Gasteiger partial charge in [0.2, 0.25) is 0 Å². The summed E-state index contributed by atoms with van der Waals surface area (Å²) in [6.07, 6.45) is 7.60. The first-order chi connectivity index (χ1) is 14.1. The Morgan fingerprint density at radius 3 is 2.59 bits per heavy atom. The van der Waals surface area contributed by atoms with Gasteiger partial charge in [0, 0.05) is 32.2 Å². The Morgan fingerprint density at radius 2 is 1.83 bits per heavy atom. The first-order valence-electron chi connectivity index (χ1n) is 9.12. The Balaban J connectivity index is 1.70. The molecule has 0 aliphatic carbocycles. The lowest BCUT2D eigenvalue weighted by atomic mass is 10.1. The van der Waals surface area contributed by atoms with Gasteiger partial charge in [-0.2, -0.15) is 0 Å². The third kappa shape index (κ3) is 5.16. The maximum atomic E-state index is 12.7. The van der Waals surface area contributed by atoms with Crippen LogP contribution in [-0.4, -0.2) is 42.5 Å². The third-order valence-electron chi connectivity index (χ3n) is 4.49. The highest BCUT2D eigenvalue weighted by atomic mass is 16.5. The number of esters is 1. The smallest absolute Gasteiger partial charge is 0.339 e. The molecule has 0 saturated heterocycles. The molecule has 0 radical (unpaired) electrons. The second-order valence-corrected chi connectivity index (χ2v) is 6.45. The number of carbonyl (C=O) groups is 2. The van der Waals surface area contributed by atoms with Crippen molar-refractivity contribution in [3.05, 3.63) is 83.9 Å². The van der Waals surface area contributed by atoms with Gasteiger partial charge in [-0.05, 0) is 42.3 Å². The fraction of sp³-hybridized carbons (Fsp3) is 0.182. The highest BCUT2D eigenvalue weighted by molar-refractivity contribution is 6.08. The molecule has 1 amide bonds. The number of nitrogens with one attached hydrogen (secondary N) is 1. The number of methoxy groups -OCH3 is 1. The van der Waals surface area contributed by atoms with Gasteiger partial charge in [0.1, 0.15) is 0 Å². The highest BCUT2D eigenvalue weighted by Crippen LogP contribution is 2.19. The van der Waals surface area contributed by atoms with Gasteiger partial charge in [-0.1, -0.05) is 12.1 Å². The zero-order valence-corrected chi connectivity index (χ0v) is 16.3. The maximum Gasteiger partial charge on any atom is 0.339 e. The molecule has 0 spiro atoms. The van der Waals surface area contributed by atoms with Gasteiger partial charge in [-0.3, -0.25) is 14.8 Å². The van der Waals surface area contributed by atoms with Crippen LogP contribution in [0, 0.1) is 0 Å². The monoisotopic (exact) mass is 390 g/mol. The van der Waals surface area contributed by atoms with E-state index in [1.807, 2.05) is 24.1 Å². The van der Waals surface area contributed by atoms with E-state index in [9.17, 15) is 9.59 Å². The van der Waals surface area contributed by atoms with E-state index >= 15 is 0 Å². The van der Waals surface area contributed by atoms with Crippen LogP contribution < -0.4 is 10.2 Å². The summed E-state index contributed by atoms with van der Waals surface area (Å²) < 4.78 is 4.76. The van der Waals surface area contributed by atoms with Gasteiger partial charge in [0.25, 0.3) is 5.91 Å². The predicted molar refractivity (Wildman–Crippen MR) is 111 cm³/mol. The van der Waals surface area contributed by atoms with Crippen LogP contribution in [0.1, 0.15) is 26.3 Å². The molecule has 3 aromatic rings. The molecule has 0 atom stereocenters. The van der Waals surface area contributed by atoms with Crippen LogP contribution >= 0.6 is 0 Å². The molecule has 3 rings (SSSR count). The number of hydrogen-bond donors (Lipinski definition) is 1. The van der Waals surface area contributed by atoms with Crippen LogP contribution in [-0.2, 0) is 11.2 Å². The van der Waals surface area contributed by atoms with Gasteiger partial charge >= 0.3 is 5.97 Å². The van der Waals surface area contributed by atoms with E-state index in [2.05, 4.69) is 15.3 Å². The van der Waals surface area contributed by atoms with Gasteiger partial charge in [-0.25, -0.2) is 4.79 Å². The number of pyridine rings is 2.